The molecule has 9 heteroatoms. The number of benzene rings is 2. The van der Waals surface area contributed by atoms with E-state index in [0.717, 1.165) is 11.1 Å². The molecule has 1 heterocycles. The molecule has 1 amide bonds. The molecule has 8 nitrogen and oxygen atoms in total. The van der Waals surface area contributed by atoms with Crippen molar-refractivity contribution in [2.45, 2.75) is 32.0 Å². The molecule has 180 valence electrons. The number of carbonyl (C=O) groups is 2. The number of nitrogens with two attached hydrogens (primary N) is 1. The fourth-order valence-corrected chi connectivity index (χ4v) is 4.10. The molecule has 3 rings (SSSR count). The fourth-order valence-electron chi connectivity index (χ4n) is 3.63. The first-order valence-corrected chi connectivity index (χ1v) is 11.7. The van der Waals surface area contributed by atoms with Gasteiger partial charge in [-0.15, -0.1) is 0 Å². The molecule has 2 N–H and O–H groups in total. The van der Waals surface area contributed by atoms with Gasteiger partial charge in [0.1, 0.15) is 11.7 Å². The van der Waals surface area contributed by atoms with Crippen LogP contribution in [0.2, 0.25) is 0 Å². The average molecular weight is 530 g/mol. The normalized spacial score (nSPS) is 14.0. The number of ether oxygens (including phenoxy) is 3. The van der Waals surface area contributed by atoms with E-state index in [1.165, 1.54) is 0 Å². The number of hydrogen-bond acceptors (Lipinski definition) is 6. The smallest absolute Gasteiger partial charge is 0.405 e. The predicted molar refractivity (Wildman–Crippen MR) is 131 cm³/mol. The first-order chi connectivity index (χ1) is 16.2. The van der Waals surface area contributed by atoms with Crippen LogP contribution in [0.25, 0.3) is 11.1 Å². The number of imidazole rings is 1. The molecular weight excluding hydrogens is 502 g/mol. The lowest BCUT2D eigenvalue weighted by atomic mass is 9.78. The molecule has 2 aromatic carbocycles. The van der Waals surface area contributed by atoms with Crippen molar-refractivity contribution in [3.05, 3.63) is 73.3 Å². The fraction of sp³-hybridized carbons (Fsp3) is 0.320. The van der Waals surface area contributed by atoms with Gasteiger partial charge in [-0.2, -0.15) is 0 Å². The quantitative estimate of drug-likeness (QED) is 0.287. The van der Waals surface area contributed by atoms with Gasteiger partial charge in [-0.1, -0.05) is 56.3 Å². The van der Waals surface area contributed by atoms with Crippen molar-refractivity contribution in [1.29, 1.82) is 0 Å². The number of alkyl halides is 1. The highest BCUT2D eigenvalue weighted by Crippen LogP contribution is 2.43. The second-order valence-electron chi connectivity index (χ2n) is 8.21. The topological polar surface area (TPSA) is 106 Å². The summed E-state index contributed by atoms with van der Waals surface area (Å²) in [5.41, 5.74) is 6.35. The van der Waals surface area contributed by atoms with Gasteiger partial charge in [0.25, 0.3) is 0 Å². The summed E-state index contributed by atoms with van der Waals surface area (Å²) in [7, 11) is 0. The van der Waals surface area contributed by atoms with E-state index in [1.807, 2.05) is 54.6 Å². The number of esters is 1. The largest absolute Gasteiger partial charge is 0.469 e. The van der Waals surface area contributed by atoms with Crippen molar-refractivity contribution in [3.8, 4) is 16.9 Å². The molecule has 0 bridgehead atoms. The second-order valence-corrected chi connectivity index (χ2v) is 9.04. The molecule has 3 aromatic rings. The number of hydrogen-bond donors (Lipinski definition) is 1. The van der Waals surface area contributed by atoms with Crippen LogP contribution in [-0.2, 0) is 14.3 Å². The standard InChI is InChI=1S/C25H28BrN3O5/c1-4-32-22(30)20(25(2,3)23(26)34-24(27)31)21(29-15-14-28-16-29)33-19-12-10-18(11-13-19)17-8-6-5-7-9-17/h5-16,20-21,23H,4H2,1-3H3,(H2,27,31). The summed E-state index contributed by atoms with van der Waals surface area (Å²) in [5.74, 6) is -0.866. The third kappa shape index (κ3) is 5.96. The molecule has 0 saturated carbocycles. The van der Waals surface area contributed by atoms with Crippen LogP contribution < -0.4 is 10.5 Å². The van der Waals surface area contributed by atoms with E-state index in [0.29, 0.717) is 5.75 Å². The van der Waals surface area contributed by atoms with E-state index in [2.05, 4.69) is 20.9 Å². The van der Waals surface area contributed by atoms with Crippen LogP contribution in [0.3, 0.4) is 0 Å². The van der Waals surface area contributed by atoms with Crippen molar-refractivity contribution in [3.63, 3.8) is 0 Å². The first-order valence-electron chi connectivity index (χ1n) is 10.8. The molecular formula is C25H28BrN3O5. The molecule has 0 aliphatic carbocycles. The maximum Gasteiger partial charge on any atom is 0.405 e. The Kier molecular flexibility index (Phi) is 8.33. The van der Waals surface area contributed by atoms with Gasteiger partial charge < -0.3 is 24.5 Å². The molecule has 0 radical (unpaired) electrons. The number of amides is 1. The summed E-state index contributed by atoms with van der Waals surface area (Å²) < 4.78 is 18.6. The Hall–Kier alpha value is -3.33. The van der Waals surface area contributed by atoms with Crippen molar-refractivity contribution < 1.29 is 23.8 Å². The van der Waals surface area contributed by atoms with Gasteiger partial charge in [0.05, 0.1) is 12.9 Å². The average Bonchev–Trinajstić information content (AvgIpc) is 3.34. The van der Waals surface area contributed by atoms with Crippen LogP contribution in [0, 0.1) is 11.3 Å². The summed E-state index contributed by atoms with van der Waals surface area (Å²) in [6.45, 7) is 5.44. The lowest BCUT2D eigenvalue weighted by Gasteiger charge is -2.39. The molecule has 0 aliphatic rings. The monoisotopic (exact) mass is 529 g/mol. The molecule has 0 aliphatic heterocycles. The van der Waals surface area contributed by atoms with Crippen molar-refractivity contribution in [2.24, 2.45) is 17.1 Å². The molecule has 0 fully saturated rings. The van der Waals surface area contributed by atoms with Gasteiger partial charge in [-0.3, -0.25) is 4.79 Å². The Labute approximate surface area is 207 Å². The Morgan fingerprint density at radius 2 is 1.74 bits per heavy atom. The van der Waals surface area contributed by atoms with E-state index >= 15 is 0 Å². The summed E-state index contributed by atoms with van der Waals surface area (Å²) >= 11 is 3.36. The maximum atomic E-state index is 13.2. The van der Waals surface area contributed by atoms with Crippen molar-refractivity contribution >= 4 is 28.0 Å². The third-order valence-electron chi connectivity index (χ3n) is 5.47. The molecule has 1 aromatic heterocycles. The minimum Gasteiger partial charge on any atom is -0.469 e. The molecule has 0 spiro atoms. The molecule has 34 heavy (non-hydrogen) atoms. The van der Waals surface area contributed by atoms with Crippen LogP contribution >= 0.6 is 15.9 Å². The third-order valence-corrected chi connectivity index (χ3v) is 6.84. The van der Waals surface area contributed by atoms with E-state index in [4.69, 9.17) is 19.9 Å². The Morgan fingerprint density at radius 1 is 1.09 bits per heavy atom. The Bertz CT molecular complexity index is 1070. The van der Waals surface area contributed by atoms with Crippen LogP contribution in [0.5, 0.6) is 5.75 Å². The van der Waals surface area contributed by atoms with Crippen molar-refractivity contribution in [2.75, 3.05) is 6.61 Å². The van der Waals surface area contributed by atoms with Crippen LogP contribution in [-0.4, -0.2) is 33.2 Å². The van der Waals surface area contributed by atoms with Gasteiger partial charge in [0.2, 0.25) is 0 Å². The van der Waals surface area contributed by atoms with E-state index in [-0.39, 0.29) is 6.61 Å². The molecule has 3 atom stereocenters. The Morgan fingerprint density at radius 3 is 2.29 bits per heavy atom. The summed E-state index contributed by atoms with van der Waals surface area (Å²) in [6, 6.07) is 17.5. The van der Waals surface area contributed by atoms with Gasteiger partial charge in [0.15, 0.2) is 11.2 Å². The van der Waals surface area contributed by atoms with Crippen LogP contribution in [0.4, 0.5) is 4.79 Å². The van der Waals surface area contributed by atoms with Crippen LogP contribution in [0.15, 0.2) is 73.3 Å². The van der Waals surface area contributed by atoms with E-state index < -0.39 is 34.6 Å². The zero-order chi connectivity index (χ0) is 24.7. The maximum absolute atomic E-state index is 13.2. The second kappa shape index (κ2) is 11.2. The minimum atomic E-state index is -0.986. The van der Waals surface area contributed by atoms with E-state index in [1.54, 1.807) is 44.1 Å². The van der Waals surface area contributed by atoms with Gasteiger partial charge >= 0.3 is 12.1 Å². The lowest BCUT2D eigenvalue weighted by molar-refractivity contribution is -0.163. The number of aromatic nitrogens is 2. The lowest BCUT2D eigenvalue weighted by Crippen LogP contribution is -2.47. The first kappa shape index (κ1) is 25.3. The molecule has 0 saturated heterocycles. The zero-order valence-corrected chi connectivity index (χ0v) is 20.8. The number of nitrogens with zero attached hydrogens (tertiary/aromatic N) is 2. The minimum absolute atomic E-state index is 0.178. The number of rotatable bonds is 10. The highest BCUT2D eigenvalue weighted by molar-refractivity contribution is 9.09. The van der Waals surface area contributed by atoms with E-state index in [9.17, 15) is 9.59 Å². The number of primary amides is 1. The predicted octanol–water partition coefficient (Wildman–Crippen LogP) is 5.15. The SMILES string of the molecule is CCOC(=O)C(C(Oc1ccc(-c2ccccc2)cc1)n1ccnc1)C(C)(C)C(Br)OC(N)=O. The van der Waals surface area contributed by atoms with Gasteiger partial charge in [-0.25, -0.2) is 9.78 Å². The zero-order valence-electron chi connectivity index (χ0n) is 19.3. The highest BCUT2D eigenvalue weighted by atomic mass is 79.9. The molecule has 3 unspecified atom stereocenters. The van der Waals surface area contributed by atoms with Crippen LogP contribution in [0.1, 0.15) is 27.0 Å². The van der Waals surface area contributed by atoms with Gasteiger partial charge in [-0.05, 0) is 46.1 Å². The highest BCUT2D eigenvalue weighted by Gasteiger charge is 2.49. The number of halogens is 1. The van der Waals surface area contributed by atoms with Gasteiger partial charge in [0, 0.05) is 17.8 Å². The summed E-state index contributed by atoms with van der Waals surface area (Å²) in [4.78, 5) is 28.8. The summed E-state index contributed by atoms with van der Waals surface area (Å²) in [5, 5.41) is -0.887. The summed E-state index contributed by atoms with van der Waals surface area (Å²) in [6.07, 6.45) is 3.03. The van der Waals surface area contributed by atoms with Crippen molar-refractivity contribution in [1.82, 2.24) is 9.55 Å². The Balaban J connectivity index is 1.98. The number of carbonyl (C=O) groups excluding carboxylic acids is 2.